The molecule has 0 aliphatic carbocycles. The van der Waals surface area contributed by atoms with E-state index in [4.69, 9.17) is 4.74 Å². The van der Waals surface area contributed by atoms with Crippen molar-refractivity contribution in [2.45, 2.75) is 31.9 Å². The Morgan fingerprint density at radius 2 is 1.89 bits per heavy atom. The molecule has 2 unspecified atom stereocenters. The number of ether oxygens (including phenoxy) is 1. The number of nitrogens with one attached hydrogen (secondary N) is 1. The number of aryl methyl sites for hydroxylation is 1. The monoisotopic (exact) mass is 366 g/mol. The molecule has 2 aromatic rings. The minimum atomic E-state index is -0.671. The summed E-state index contributed by atoms with van der Waals surface area (Å²) in [6.45, 7) is 6.59. The van der Waals surface area contributed by atoms with Crippen molar-refractivity contribution in [1.29, 1.82) is 0 Å². The molecule has 1 N–H and O–H groups in total. The van der Waals surface area contributed by atoms with E-state index in [1.807, 2.05) is 50.5 Å². The Morgan fingerprint density at radius 3 is 2.44 bits per heavy atom. The van der Waals surface area contributed by atoms with E-state index in [0.29, 0.717) is 6.42 Å². The summed E-state index contributed by atoms with van der Waals surface area (Å²) < 4.78 is 5.82. The summed E-state index contributed by atoms with van der Waals surface area (Å²) in [5.74, 6) is 0.138. The van der Waals surface area contributed by atoms with Crippen LogP contribution in [0.4, 0.5) is 0 Å². The molecule has 144 valence electrons. The number of rotatable bonds is 6. The normalized spacial score (nSPS) is 19.7. The van der Waals surface area contributed by atoms with Gasteiger partial charge < -0.3 is 10.1 Å². The highest BCUT2D eigenvalue weighted by Gasteiger charge is 2.42. The molecule has 0 spiro atoms. The highest BCUT2D eigenvalue weighted by Crippen LogP contribution is 2.36. The third kappa shape index (κ3) is 3.70. The molecule has 1 heterocycles. The van der Waals surface area contributed by atoms with Crippen molar-refractivity contribution < 1.29 is 9.53 Å². The predicted octanol–water partition coefficient (Wildman–Crippen LogP) is 3.71. The molecule has 0 radical (unpaired) electrons. The highest BCUT2D eigenvalue weighted by atomic mass is 16.5. The number of hydrogen-bond donors (Lipinski definition) is 1. The van der Waals surface area contributed by atoms with Gasteiger partial charge in [-0.1, -0.05) is 55.5 Å². The van der Waals surface area contributed by atoms with Gasteiger partial charge in [0.05, 0.1) is 12.7 Å². The average Bonchev–Trinajstić information content (AvgIpc) is 2.70. The average molecular weight is 367 g/mol. The molecule has 1 saturated heterocycles. The van der Waals surface area contributed by atoms with Gasteiger partial charge in [-0.05, 0) is 44.1 Å². The first-order valence-electron chi connectivity index (χ1n) is 9.71. The summed E-state index contributed by atoms with van der Waals surface area (Å²) in [5, 5.41) is 3.35. The van der Waals surface area contributed by atoms with Crippen molar-refractivity contribution in [1.82, 2.24) is 10.2 Å². The maximum atomic E-state index is 13.7. The Labute approximate surface area is 162 Å². The lowest BCUT2D eigenvalue weighted by Crippen LogP contribution is -2.48. The van der Waals surface area contributed by atoms with Gasteiger partial charge in [0.1, 0.15) is 5.54 Å². The van der Waals surface area contributed by atoms with Crippen LogP contribution < -0.4 is 5.32 Å². The molecule has 0 bridgehead atoms. The maximum Gasteiger partial charge on any atom is 0.187 e. The fourth-order valence-electron chi connectivity index (χ4n) is 4.14. The van der Waals surface area contributed by atoms with Gasteiger partial charge in [-0.15, -0.1) is 0 Å². The maximum absolute atomic E-state index is 13.7. The number of carbonyl (C=O) groups excluding carboxylic acids is 1. The fraction of sp³-hybridized carbons (Fsp3) is 0.435. The van der Waals surface area contributed by atoms with Crippen molar-refractivity contribution in [3.63, 3.8) is 0 Å². The van der Waals surface area contributed by atoms with Crippen LogP contribution in [0.5, 0.6) is 0 Å². The molecule has 0 aromatic heterocycles. The molecule has 27 heavy (non-hydrogen) atoms. The van der Waals surface area contributed by atoms with Gasteiger partial charge in [0.2, 0.25) is 0 Å². The molecule has 1 fully saturated rings. The van der Waals surface area contributed by atoms with E-state index in [1.54, 1.807) is 0 Å². The summed E-state index contributed by atoms with van der Waals surface area (Å²) in [4.78, 5) is 15.7. The van der Waals surface area contributed by atoms with E-state index in [9.17, 15) is 4.79 Å². The SMILES string of the molecule is CCC(C(=O)c1ccc(C2CNCCO2)cc1)(c1ccccc1C)N(C)C. The largest absolute Gasteiger partial charge is 0.371 e. The topological polar surface area (TPSA) is 41.6 Å². The minimum Gasteiger partial charge on any atom is -0.371 e. The van der Waals surface area contributed by atoms with Crippen LogP contribution in [0.15, 0.2) is 48.5 Å². The van der Waals surface area contributed by atoms with Crippen LogP contribution in [-0.2, 0) is 10.3 Å². The van der Waals surface area contributed by atoms with Gasteiger partial charge in [0.25, 0.3) is 0 Å². The molecule has 4 heteroatoms. The van der Waals surface area contributed by atoms with E-state index in [1.165, 1.54) is 0 Å². The first kappa shape index (κ1) is 19.7. The number of likely N-dealkylation sites (N-methyl/N-ethyl adjacent to an activating group) is 1. The first-order chi connectivity index (χ1) is 13.0. The number of carbonyl (C=O) groups is 1. The van der Waals surface area contributed by atoms with Gasteiger partial charge in [0.15, 0.2) is 5.78 Å². The van der Waals surface area contributed by atoms with Crippen LogP contribution in [0.1, 0.15) is 46.5 Å². The number of ketones is 1. The lowest BCUT2D eigenvalue weighted by atomic mass is 9.77. The van der Waals surface area contributed by atoms with Crippen molar-refractivity contribution in [2.24, 2.45) is 0 Å². The van der Waals surface area contributed by atoms with Crippen molar-refractivity contribution in [3.05, 3.63) is 70.8 Å². The zero-order valence-electron chi connectivity index (χ0n) is 16.8. The Balaban J connectivity index is 1.96. The van der Waals surface area contributed by atoms with Crippen LogP contribution in [0.2, 0.25) is 0 Å². The zero-order chi connectivity index (χ0) is 19.4. The molecule has 1 aliphatic heterocycles. The van der Waals surface area contributed by atoms with E-state index < -0.39 is 5.54 Å². The summed E-state index contributed by atoms with van der Waals surface area (Å²) in [5.41, 5.74) is 3.39. The van der Waals surface area contributed by atoms with Crippen LogP contribution >= 0.6 is 0 Å². The van der Waals surface area contributed by atoms with Crippen LogP contribution in [0, 0.1) is 6.92 Å². The van der Waals surface area contributed by atoms with Crippen molar-refractivity contribution in [3.8, 4) is 0 Å². The molecule has 3 rings (SSSR count). The van der Waals surface area contributed by atoms with Crippen LogP contribution in [0.25, 0.3) is 0 Å². The second-order valence-corrected chi connectivity index (χ2v) is 7.44. The third-order valence-electron chi connectivity index (χ3n) is 5.71. The molecule has 0 amide bonds. The molecule has 2 atom stereocenters. The Bertz CT molecular complexity index is 779. The van der Waals surface area contributed by atoms with E-state index >= 15 is 0 Å². The predicted molar refractivity (Wildman–Crippen MR) is 109 cm³/mol. The Morgan fingerprint density at radius 1 is 1.19 bits per heavy atom. The lowest BCUT2D eigenvalue weighted by molar-refractivity contribution is 0.0277. The van der Waals surface area contributed by atoms with Gasteiger partial charge in [0, 0.05) is 18.7 Å². The second-order valence-electron chi connectivity index (χ2n) is 7.44. The number of Topliss-reactive ketones (excluding diaryl/α,β-unsaturated/α-hetero) is 1. The standard InChI is InChI=1S/C23H30N2O2/c1-5-23(25(3)4,20-9-7-6-8-17(20)2)22(26)19-12-10-18(11-13-19)21-16-24-14-15-27-21/h6-13,21,24H,5,14-16H2,1-4H3. The van der Waals surface area contributed by atoms with Gasteiger partial charge in [-0.2, -0.15) is 0 Å². The zero-order valence-corrected chi connectivity index (χ0v) is 16.8. The highest BCUT2D eigenvalue weighted by molar-refractivity contribution is 6.04. The molecule has 0 saturated carbocycles. The summed E-state index contributed by atoms with van der Waals surface area (Å²) in [7, 11) is 3.98. The fourth-order valence-corrected chi connectivity index (χ4v) is 4.14. The Hall–Kier alpha value is -2.01. The van der Waals surface area contributed by atoms with Gasteiger partial charge in [-0.3, -0.25) is 9.69 Å². The Kier molecular flexibility index (Phi) is 6.10. The van der Waals surface area contributed by atoms with Gasteiger partial charge in [-0.25, -0.2) is 0 Å². The van der Waals surface area contributed by atoms with Crippen molar-refractivity contribution >= 4 is 5.78 Å². The molecular formula is C23H30N2O2. The van der Waals surface area contributed by atoms with Crippen LogP contribution in [-0.4, -0.2) is 44.5 Å². The summed E-state index contributed by atoms with van der Waals surface area (Å²) in [6.07, 6.45) is 0.769. The second kappa shape index (κ2) is 8.34. The third-order valence-corrected chi connectivity index (χ3v) is 5.71. The summed E-state index contributed by atoms with van der Waals surface area (Å²) in [6, 6.07) is 16.1. The van der Waals surface area contributed by atoms with Crippen LogP contribution in [0.3, 0.4) is 0 Å². The quantitative estimate of drug-likeness (QED) is 0.792. The molecule has 1 aliphatic rings. The number of nitrogens with zero attached hydrogens (tertiary/aromatic N) is 1. The number of morpholine rings is 1. The smallest absolute Gasteiger partial charge is 0.187 e. The first-order valence-corrected chi connectivity index (χ1v) is 9.71. The van der Waals surface area contributed by atoms with Gasteiger partial charge >= 0.3 is 0 Å². The molecular weight excluding hydrogens is 336 g/mol. The lowest BCUT2D eigenvalue weighted by Gasteiger charge is -2.39. The summed E-state index contributed by atoms with van der Waals surface area (Å²) >= 11 is 0. The molecule has 4 nitrogen and oxygen atoms in total. The van der Waals surface area contributed by atoms with E-state index in [2.05, 4.69) is 36.2 Å². The minimum absolute atomic E-state index is 0.0593. The van der Waals surface area contributed by atoms with Crippen molar-refractivity contribution in [2.75, 3.05) is 33.8 Å². The number of benzene rings is 2. The van der Waals surface area contributed by atoms with E-state index in [0.717, 1.165) is 42.0 Å². The molecule has 2 aromatic carbocycles. The van der Waals surface area contributed by atoms with E-state index in [-0.39, 0.29) is 11.9 Å². The number of hydrogen-bond acceptors (Lipinski definition) is 4.